The topological polar surface area (TPSA) is 26.0 Å². The molecule has 1 nitrogen and oxygen atoms in total. The summed E-state index contributed by atoms with van der Waals surface area (Å²) in [6.07, 6.45) is 0. The molecule has 0 aromatic heterocycles. The highest BCUT2D eigenvalue weighted by Crippen LogP contribution is 2.41. The minimum atomic E-state index is -4.33. The fourth-order valence-corrected chi connectivity index (χ4v) is 1.58. The summed E-state index contributed by atoms with van der Waals surface area (Å²) in [5.41, 5.74) is 0.967. The highest BCUT2D eigenvalue weighted by molar-refractivity contribution is 8.00. The van der Waals surface area contributed by atoms with Crippen molar-refractivity contribution in [2.24, 2.45) is 0 Å². The molecule has 0 bridgehead atoms. The number of thioether (sulfide) groups is 1. The van der Waals surface area contributed by atoms with Crippen molar-refractivity contribution in [1.82, 2.24) is 0 Å². The van der Waals surface area contributed by atoms with Crippen LogP contribution in [0.3, 0.4) is 0 Å². The molecule has 1 rings (SSSR count). The summed E-state index contributed by atoms with van der Waals surface area (Å²) in [6.45, 7) is 0. The van der Waals surface area contributed by atoms with E-state index in [1.54, 1.807) is 0 Å². The number of para-hydroxylation sites is 1. The number of hydrogen-bond donors (Lipinski definition) is 1. The van der Waals surface area contributed by atoms with E-state index in [0.29, 0.717) is 0 Å². The monoisotopic (exact) mass is 227 g/mol. The minimum absolute atomic E-state index is 0.0357. The summed E-state index contributed by atoms with van der Waals surface area (Å²) in [4.78, 5) is -0.0694. The first-order chi connectivity index (χ1) is 5.90. The van der Waals surface area contributed by atoms with Crippen LogP contribution in [0, 0.1) is 0 Å². The first-order valence-corrected chi connectivity index (χ1v) is 4.39. The lowest BCUT2D eigenvalue weighted by Crippen LogP contribution is -2.01. The Morgan fingerprint density at radius 3 is 2.46 bits per heavy atom. The number of nitrogens with two attached hydrogens (primary N) is 1. The average molecular weight is 228 g/mol. The molecule has 13 heavy (non-hydrogen) atoms. The quantitative estimate of drug-likeness (QED) is 0.587. The van der Waals surface area contributed by atoms with Crippen LogP contribution in [0.25, 0.3) is 0 Å². The fraction of sp³-hybridized carbons (Fsp3) is 0.143. The maximum atomic E-state index is 11.9. The van der Waals surface area contributed by atoms with Gasteiger partial charge < -0.3 is 5.73 Å². The molecule has 0 aliphatic heterocycles. The summed E-state index contributed by atoms with van der Waals surface area (Å²) in [5, 5.41) is 0.134. The smallest absolute Gasteiger partial charge is 0.397 e. The fourth-order valence-electron chi connectivity index (χ4n) is 0.731. The molecular formula is C7H5ClF3NS. The van der Waals surface area contributed by atoms with Crippen molar-refractivity contribution in [3.63, 3.8) is 0 Å². The van der Waals surface area contributed by atoms with Gasteiger partial charge in [-0.1, -0.05) is 17.7 Å². The first-order valence-electron chi connectivity index (χ1n) is 3.20. The summed E-state index contributed by atoms with van der Waals surface area (Å²) in [5.74, 6) is 0. The third kappa shape index (κ3) is 3.00. The molecule has 0 spiro atoms. The largest absolute Gasteiger partial charge is 0.446 e. The van der Waals surface area contributed by atoms with Gasteiger partial charge in [-0.25, -0.2) is 0 Å². The van der Waals surface area contributed by atoms with Crippen LogP contribution in [-0.4, -0.2) is 5.51 Å². The summed E-state index contributed by atoms with van der Waals surface area (Å²) in [7, 11) is 0. The van der Waals surface area contributed by atoms with Gasteiger partial charge in [-0.3, -0.25) is 0 Å². The van der Waals surface area contributed by atoms with Gasteiger partial charge in [0.1, 0.15) is 0 Å². The van der Waals surface area contributed by atoms with Gasteiger partial charge in [-0.2, -0.15) is 13.2 Å². The van der Waals surface area contributed by atoms with Crippen LogP contribution in [0.15, 0.2) is 23.1 Å². The molecule has 0 saturated carbocycles. The maximum absolute atomic E-state index is 11.9. The predicted molar refractivity (Wildman–Crippen MR) is 47.8 cm³/mol. The summed E-state index contributed by atoms with van der Waals surface area (Å²) < 4.78 is 35.8. The van der Waals surface area contributed by atoms with E-state index in [0.717, 1.165) is 0 Å². The van der Waals surface area contributed by atoms with Crippen LogP contribution in [-0.2, 0) is 0 Å². The van der Waals surface area contributed by atoms with Gasteiger partial charge in [0.15, 0.2) is 0 Å². The highest BCUT2D eigenvalue weighted by atomic mass is 35.5. The molecule has 6 heteroatoms. The van der Waals surface area contributed by atoms with E-state index in [9.17, 15) is 13.2 Å². The molecule has 1 aromatic carbocycles. The van der Waals surface area contributed by atoms with Crippen molar-refractivity contribution in [1.29, 1.82) is 0 Å². The van der Waals surface area contributed by atoms with Crippen molar-refractivity contribution in [2.75, 3.05) is 5.73 Å². The maximum Gasteiger partial charge on any atom is 0.446 e. The molecule has 0 heterocycles. The Bertz CT molecular complexity index is 313. The zero-order valence-corrected chi connectivity index (χ0v) is 7.80. The van der Waals surface area contributed by atoms with Gasteiger partial charge in [-0.05, 0) is 23.9 Å². The lowest BCUT2D eigenvalue weighted by Gasteiger charge is -2.08. The molecule has 0 fully saturated rings. The van der Waals surface area contributed by atoms with E-state index < -0.39 is 5.51 Å². The number of halogens is 4. The van der Waals surface area contributed by atoms with E-state index in [4.69, 9.17) is 17.3 Å². The number of hydrogen-bond acceptors (Lipinski definition) is 2. The van der Waals surface area contributed by atoms with E-state index >= 15 is 0 Å². The second kappa shape index (κ2) is 3.67. The zero-order chi connectivity index (χ0) is 10.1. The summed E-state index contributed by atoms with van der Waals surface area (Å²) in [6, 6.07) is 4.14. The highest BCUT2D eigenvalue weighted by Gasteiger charge is 2.30. The second-order valence-electron chi connectivity index (χ2n) is 2.20. The Hall–Kier alpha value is -0.550. The molecule has 0 amide bonds. The third-order valence-electron chi connectivity index (χ3n) is 1.24. The van der Waals surface area contributed by atoms with E-state index in [2.05, 4.69) is 0 Å². The van der Waals surface area contributed by atoms with E-state index in [-0.39, 0.29) is 27.4 Å². The Kier molecular flexibility index (Phi) is 2.98. The predicted octanol–water partition coefficient (Wildman–Crippen LogP) is 3.53. The molecule has 0 saturated heterocycles. The molecule has 72 valence electrons. The van der Waals surface area contributed by atoms with Crippen LogP contribution in [0.5, 0.6) is 0 Å². The van der Waals surface area contributed by atoms with Crippen molar-refractivity contribution in [2.45, 2.75) is 10.4 Å². The Morgan fingerprint density at radius 2 is 1.92 bits per heavy atom. The molecule has 0 unspecified atom stereocenters. The SMILES string of the molecule is Nc1c(Cl)cccc1SC(F)(F)F. The van der Waals surface area contributed by atoms with Crippen LogP contribution in [0.4, 0.5) is 18.9 Å². The molecule has 2 N–H and O–H groups in total. The summed E-state index contributed by atoms with van der Waals surface area (Å²) >= 11 is 5.27. The number of rotatable bonds is 1. The lowest BCUT2D eigenvalue weighted by molar-refractivity contribution is -0.0327. The molecule has 0 aliphatic carbocycles. The van der Waals surface area contributed by atoms with Crippen molar-refractivity contribution in [3.8, 4) is 0 Å². The average Bonchev–Trinajstić information content (AvgIpc) is 1.96. The van der Waals surface area contributed by atoms with Gasteiger partial charge >= 0.3 is 5.51 Å². The first kappa shape index (κ1) is 10.5. The van der Waals surface area contributed by atoms with Gasteiger partial charge in [0, 0.05) is 4.90 Å². The minimum Gasteiger partial charge on any atom is -0.397 e. The van der Waals surface area contributed by atoms with Crippen molar-refractivity contribution < 1.29 is 13.2 Å². The van der Waals surface area contributed by atoms with Crippen molar-refractivity contribution in [3.05, 3.63) is 23.2 Å². The van der Waals surface area contributed by atoms with Crippen LogP contribution >= 0.6 is 23.4 Å². The van der Waals surface area contributed by atoms with Gasteiger partial charge in [0.25, 0.3) is 0 Å². The standard InChI is InChI=1S/C7H5ClF3NS/c8-4-2-1-3-5(6(4)12)13-7(9,10)11/h1-3H,12H2. The van der Waals surface area contributed by atoms with Crippen LogP contribution in [0.2, 0.25) is 5.02 Å². The lowest BCUT2D eigenvalue weighted by atomic mass is 10.3. The number of anilines is 1. The molecule has 0 aliphatic rings. The normalized spacial score (nSPS) is 11.7. The third-order valence-corrected chi connectivity index (χ3v) is 2.38. The number of benzene rings is 1. The van der Waals surface area contributed by atoms with Gasteiger partial charge in [0.2, 0.25) is 0 Å². The molecule has 0 atom stereocenters. The van der Waals surface area contributed by atoms with E-state index in [1.807, 2.05) is 0 Å². The van der Waals surface area contributed by atoms with E-state index in [1.165, 1.54) is 18.2 Å². The molecule has 0 radical (unpaired) electrons. The Labute approximate surface area is 82.1 Å². The molecular weight excluding hydrogens is 223 g/mol. The van der Waals surface area contributed by atoms with Gasteiger partial charge in [-0.15, -0.1) is 0 Å². The van der Waals surface area contributed by atoms with Crippen molar-refractivity contribution >= 4 is 29.1 Å². The number of nitrogen functional groups attached to an aromatic ring is 1. The van der Waals surface area contributed by atoms with Crippen LogP contribution < -0.4 is 5.73 Å². The second-order valence-corrected chi connectivity index (χ2v) is 3.71. The Balaban J connectivity index is 2.96. The van der Waals surface area contributed by atoms with Gasteiger partial charge in [0.05, 0.1) is 10.7 Å². The molecule has 1 aromatic rings. The number of alkyl halides is 3. The Morgan fingerprint density at radius 1 is 1.31 bits per heavy atom. The van der Waals surface area contributed by atoms with Crippen LogP contribution in [0.1, 0.15) is 0 Å². The zero-order valence-electron chi connectivity index (χ0n) is 6.23.